The van der Waals surface area contributed by atoms with E-state index in [9.17, 15) is 31.5 Å². The molecule has 0 saturated carbocycles. The molecule has 2 unspecified atom stereocenters. The zero-order chi connectivity index (χ0) is 12.7. The molecule has 0 rings (SSSR count). The minimum Gasteiger partial charge on any atom is -0.479 e. The van der Waals surface area contributed by atoms with Gasteiger partial charge in [-0.25, -0.2) is 13.6 Å². The van der Waals surface area contributed by atoms with Crippen LogP contribution in [0.5, 0.6) is 0 Å². The van der Waals surface area contributed by atoms with Crippen molar-refractivity contribution in [2.75, 3.05) is 0 Å². The third-order valence-corrected chi connectivity index (χ3v) is 1.79. The van der Waals surface area contributed by atoms with Crippen molar-refractivity contribution in [3.8, 4) is 0 Å². The average molecular weight is 254 g/mol. The van der Waals surface area contributed by atoms with Crippen molar-refractivity contribution in [2.24, 2.45) is 0 Å². The Kier molecular flexibility index (Phi) is 4.60. The molecule has 2 atom stereocenters. The Balaban J connectivity index is 0. The van der Waals surface area contributed by atoms with E-state index < -0.39 is 29.3 Å². The van der Waals surface area contributed by atoms with E-state index in [4.69, 9.17) is 5.11 Å². The Morgan fingerprint density at radius 3 is 1.50 bits per heavy atom. The summed E-state index contributed by atoms with van der Waals surface area (Å²) < 4.78 is 61.6. The highest BCUT2D eigenvalue weighted by molar-refractivity contribution is 6.10. The van der Waals surface area contributed by atoms with E-state index in [0.29, 0.717) is 0 Å². The summed E-state index contributed by atoms with van der Waals surface area (Å²) >= 11 is 0. The molecule has 9 heteroatoms. The van der Waals surface area contributed by atoms with Gasteiger partial charge in [-0.3, -0.25) is 9.50 Å². The van der Waals surface area contributed by atoms with Crippen molar-refractivity contribution in [3.63, 3.8) is 0 Å². The SMILES string of the molecule is CC(F)(C(=O)O)C(=O)C(C)(F)C(F)(F)F.F. The number of carbonyl (C=O) groups excluding carboxylic acids is 1. The molecule has 0 spiro atoms. The van der Waals surface area contributed by atoms with Crippen LogP contribution in [0.4, 0.5) is 26.7 Å². The molecule has 1 N–H and O–H groups in total. The van der Waals surface area contributed by atoms with Gasteiger partial charge in [-0.15, -0.1) is 0 Å². The summed E-state index contributed by atoms with van der Waals surface area (Å²) in [6.45, 7) is -0.169. The van der Waals surface area contributed by atoms with Gasteiger partial charge in [0.1, 0.15) is 0 Å². The second kappa shape index (κ2) is 4.30. The van der Waals surface area contributed by atoms with E-state index in [-0.39, 0.29) is 18.6 Å². The molecule has 3 nitrogen and oxygen atoms in total. The van der Waals surface area contributed by atoms with Crippen LogP contribution in [0, 0.1) is 0 Å². The molecule has 0 aliphatic carbocycles. The maximum Gasteiger partial charge on any atom is 0.429 e. The number of carbonyl (C=O) groups is 2. The molecule has 0 bridgehead atoms. The number of rotatable bonds is 3. The molecular formula is C7H8F6O3. The van der Waals surface area contributed by atoms with Gasteiger partial charge in [-0.2, -0.15) is 13.2 Å². The fourth-order valence-corrected chi connectivity index (χ4v) is 0.667. The van der Waals surface area contributed by atoms with Crippen molar-refractivity contribution >= 4 is 11.8 Å². The summed E-state index contributed by atoms with van der Waals surface area (Å²) in [4.78, 5) is 20.8. The number of hydrogen-bond donors (Lipinski definition) is 1. The van der Waals surface area contributed by atoms with Crippen molar-refractivity contribution < 1.29 is 41.4 Å². The zero-order valence-electron chi connectivity index (χ0n) is 8.06. The van der Waals surface area contributed by atoms with E-state index in [1.54, 1.807) is 0 Å². The average Bonchev–Trinajstić information content (AvgIpc) is 2.00. The Labute approximate surface area is 85.6 Å². The fraction of sp³-hybridized carbons (Fsp3) is 0.714. The van der Waals surface area contributed by atoms with Crippen molar-refractivity contribution in [1.82, 2.24) is 0 Å². The van der Waals surface area contributed by atoms with Crippen LogP contribution < -0.4 is 0 Å². The number of carboxylic acid groups (broad SMARTS) is 1. The summed E-state index contributed by atoms with van der Waals surface area (Å²) in [7, 11) is 0. The molecule has 96 valence electrons. The predicted octanol–water partition coefficient (Wildman–Crippen LogP) is 1.81. The van der Waals surface area contributed by atoms with E-state index in [2.05, 4.69) is 0 Å². The highest BCUT2D eigenvalue weighted by atomic mass is 19.4. The topological polar surface area (TPSA) is 54.4 Å². The first-order valence-corrected chi connectivity index (χ1v) is 3.58. The lowest BCUT2D eigenvalue weighted by Gasteiger charge is -2.26. The van der Waals surface area contributed by atoms with E-state index in [1.165, 1.54) is 0 Å². The largest absolute Gasteiger partial charge is 0.479 e. The number of halogens is 6. The third-order valence-electron chi connectivity index (χ3n) is 1.79. The third kappa shape index (κ3) is 2.64. The summed E-state index contributed by atoms with van der Waals surface area (Å²) in [5, 5.41) is 8.11. The zero-order valence-corrected chi connectivity index (χ0v) is 8.06. The molecule has 0 aromatic rings. The number of hydrogen-bond acceptors (Lipinski definition) is 2. The summed E-state index contributed by atoms with van der Waals surface area (Å²) in [5.41, 5.74) is -8.45. The lowest BCUT2D eigenvalue weighted by Crippen LogP contribution is -2.56. The van der Waals surface area contributed by atoms with Gasteiger partial charge in [0.05, 0.1) is 0 Å². The Hall–Kier alpha value is -1.28. The van der Waals surface area contributed by atoms with Gasteiger partial charge in [-0.05, 0) is 13.8 Å². The van der Waals surface area contributed by atoms with Crippen molar-refractivity contribution in [1.29, 1.82) is 0 Å². The van der Waals surface area contributed by atoms with Crippen LogP contribution >= 0.6 is 0 Å². The standard InChI is InChI=1S/C7H7F5O3.FH/c1-5(8,4(14)15)3(13)6(2,9)7(10,11)12;/h1-2H3,(H,14,15);1H. The second-order valence-electron chi connectivity index (χ2n) is 3.14. The second-order valence-corrected chi connectivity index (χ2v) is 3.14. The Morgan fingerprint density at radius 2 is 1.31 bits per heavy atom. The van der Waals surface area contributed by atoms with Crippen LogP contribution in [0.2, 0.25) is 0 Å². The van der Waals surface area contributed by atoms with Crippen molar-refractivity contribution in [3.05, 3.63) is 0 Å². The van der Waals surface area contributed by atoms with E-state index >= 15 is 0 Å². The number of aliphatic carboxylic acids is 1. The van der Waals surface area contributed by atoms with Gasteiger partial charge in [0.2, 0.25) is 5.78 Å². The molecule has 0 aromatic carbocycles. The van der Waals surface area contributed by atoms with Gasteiger partial charge in [0.25, 0.3) is 11.3 Å². The lowest BCUT2D eigenvalue weighted by molar-refractivity contribution is -0.225. The summed E-state index contributed by atoms with van der Waals surface area (Å²) in [6, 6.07) is 0. The monoisotopic (exact) mass is 254 g/mol. The first-order chi connectivity index (χ1) is 6.35. The van der Waals surface area contributed by atoms with Crippen molar-refractivity contribution in [2.45, 2.75) is 31.4 Å². The number of Topliss-reactive ketones (excluding diaryl/α,β-unsaturated/α-hetero) is 1. The molecule has 0 aromatic heterocycles. The highest BCUT2D eigenvalue weighted by Crippen LogP contribution is 2.38. The maximum atomic E-state index is 12.9. The lowest BCUT2D eigenvalue weighted by atomic mass is 9.90. The summed E-state index contributed by atoms with van der Waals surface area (Å²) in [6.07, 6.45) is -5.66. The van der Waals surface area contributed by atoms with Crippen LogP contribution in [0.15, 0.2) is 0 Å². The van der Waals surface area contributed by atoms with Crippen LogP contribution in [0.3, 0.4) is 0 Å². The normalized spacial score (nSPS) is 18.9. The Bertz CT molecular complexity index is 293. The predicted molar refractivity (Wildman–Crippen MR) is 40.2 cm³/mol. The molecule has 16 heavy (non-hydrogen) atoms. The molecule has 0 aliphatic heterocycles. The highest BCUT2D eigenvalue weighted by Gasteiger charge is 2.64. The molecular weight excluding hydrogens is 246 g/mol. The minimum absolute atomic E-state index is 0. The number of alkyl halides is 5. The molecule has 0 aliphatic rings. The number of carboxylic acids is 1. The number of ketones is 1. The molecule has 0 saturated heterocycles. The van der Waals surface area contributed by atoms with Gasteiger partial charge in [-0.1, -0.05) is 0 Å². The molecule has 0 fully saturated rings. The quantitative estimate of drug-likeness (QED) is 0.617. The first kappa shape index (κ1) is 17.1. The maximum absolute atomic E-state index is 12.9. The van der Waals surface area contributed by atoms with Gasteiger partial charge >= 0.3 is 12.1 Å². The fourth-order valence-electron chi connectivity index (χ4n) is 0.667. The van der Waals surface area contributed by atoms with Gasteiger partial charge in [0, 0.05) is 0 Å². The van der Waals surface area contributed by atoms with Crippen LogP contribution in [-0.4, -0.2) is 34.4 Å². The molecule has 0 amide bonds. The van der Waals surface area contributed by atoms with Gasteiger partial charge < -0.3 is 5.11 Å². The van der Waals surface area contributed by atoms with E-state index in [1.807, 2.05) is 0 Å². The summed E-state index contributed by atoms with van der Waals surface area (Å²) in [5.74, 6) is -5.16. The van der Waals surface area contributed by atoms with Crippen LogP contribution in [0.1, 0.15) is 13.8 Å². The molecule has 0 radical (unpaired) electrons. The molecule has 0 heterocycles. The smallest absolute Gasteiger partial charge is 0.429 e. The first-order valence-electron chi connectivity index (χ1n) is 3.58. The van der Waals surface area contributed by atoms with Crippen LogP contribution in [-0.2, 0) is 9.59 Å². The Morgan fingerprint density at radius 1 is 1.00 bits per heavy atom. The van der Waals surface area contributed by atoms with Crippen LogP contribution in [0.25, 0.3) is 0 Å². The minimum atomic E-state index is -5.66. The van der Waals surface area contributed by atoms with Gasteiger partial charge in [0.15, 0.2) is 0 Å². The van der Waals surface area contributed by atoms with E-state index in [0.717, 1.165) is 0 Å².